The maximum Gasteiger partial charge on any atom is 0.256 e. The molecule has 118 valence electrons. The van der Waals surface area contributed by atoms with E-state index in [1.54, 1.807) is 6.07 Å². The van der Waals surface area contributed by atoms with Crippen LogP contribution < -0.4 is 10.6 Å². The third kappa shape index (κ3) is 4.66. The van der Waals surface area contributed by atoms with Crippen molar-refractivity contribution >= 4 is 17.3 Å². The second kappa shape index (κ2) is 7.91. The number of hydrogen-bond acceptors (Lipinski definition) is 3. The second-order valence-corrected chi connectivity index (χ2v) is 5.97. The molecule has 0 fully saturated rings. The number of carbonyl (C=O) groups excluding carboxylic acids is 1. The minimum absolute atomic E-state index is 0.0668. The summed E-state index contributed by atoms with van der Waals surface area (Å²) in [5.74, 6) is 0.0668. The Kier molecular flexibility index (Phi) is 6.53. The van der Waals surface area contributed by atoms with Gasteiger partial charge in [-0.3, -0.25) is 4.79 Å². The molecule has 0 heterocycles. The largest absolute Gasteiger partial charge is 0.399 e. The molecule has 1 aromatic carbocycles. The molecular weight excluding hydrogens is 262 g/mol. The normalized spacial score (nSPS) is 10.8. The Morgan fingerprint density at radius 1 is 1.24 bits per heavy atom. The standard InChI is InChI=1S/C17H29N3O/c1-6-7-8-11-20(13(2)3)17(21)15-12-14(18)9-10-16(15)19(4)5/h9-10,12-13H,6-8,11,18H2,1-5H3. The van der Waals surface area contributed by atoms with Crippen molar-refractivity contribution in [3.05, 3.63) is 23.8 Å². The molecule has 0 atom stereocenters. The third-order valence-corrected chi connectivity index (χ3v) is 3.62. The maximum absolute atomic E-state index is 12.9. The third-order valence-electron chi connectivity index (χ3n) is 3.62. The molecule has 1 aromatic rings. The molecule has 0 aliphatic carbocycles. The van der Waals surface area contributed by atoms with Gasteiger partial charge in [-0.15, -0.1) is 0 Å². The van der Waals surface area contributed by atoms with Crippen molar-refractivity contribution in [1.29, 1.82) is 0 Å². The smallest absolute Gasteiger partial charge is 0.256 e. The summed E-state index contributed by atoms with van der Waals surface area (Å²) in [5, 5.41) is 0. The second-order valence-electron chi connectivity index (χ2n) is 5.97. The van der Waals surface area contributed by atoms with Crippen molar-refractivity contribution in [2.75, 3.05) is 31.3 Å². The van der Waals surface area contributed by atoms with E-state index in [1.807, 2.05) is 36.0 Å². The molecule has 0 saturated heterocycles. The highest BCUT2D eigenvalue weighted by atomic mass is 16.2. The van der Waals surface area contributed by atoms with Crippen LogP contribution in [0.5, 0.6) is 0 Å². The van der Waals surface area contributed by atoms with Crippen molar-refractivity contribution in [1.82, 2.24) is 4.90 Å². The summed E-state index contributed by atoms with van der Waals surface area (Å²) in [7, 11) is 3.89. The Hall–Kier alpha value is -1.71. The van der Waals surface area contributed by atoms with Crippen LogP contribution in [0.15, 0.2) is 18.2 Å². The van der Waals surface area contributed by atoms with Crippen molar-refractivity contribution in [3.63, 3.8) is 0 Å². The molecule has 0 saturated carbocycles. The maximum atomic E-state index is 12.9. The lowest BCUT2D eigenvalue weighted by atomic mass is 10.1. The molecule has 0 aromatic heterocycles. The number of carbonyl (C=O) groups is 1. The van der Waals surface area contributed by atoms with Gasteiger partial charge >= 0.3 is 0 Å². The van der Waals surface area contributed by atoms with Crippen LogP contribution in [-0.2, 0) is 0 Å². The topological polar surface area (TPSA) is 49.6 Å². The number of nitrogen functional groups attached to an aromatic ring is 1. The predicted molar refractivity (Wildman–Crippen MR) is 90.9 cm³/mol. The minimum Gasteiger partial charge on any atom is -0.399 e. The number of amides is 1. The molecular formula is C17H29N3O. The molecule has 1 amide bonds. The van der Waals surface area contributed by atoms with E-state index < -0.39 is 0 Å². The lowest BCUT2D eigenvalue weighted by Gasteiger charge is -2.29. The van der Waals surface area contributed by atoms with E-state index in [0.29, 0.717) is 11.3 Å². The number of benzene rings is 1. The van der Waals surface area contributed by atoms with E-state index in [0.717, 1.165) is 31.5 Å². The molecule has 1 rings (SSSR count). The fraction of sp³-hybridized carbons (Fsp3) is 0.588. The highest BCUT2D eigenvalue weighted by Gasteiger charge is 2.22. The van der Waals surface area contributed by atoms with Gasteiger partial charge in [-0.05, 0) is 38.5 Å². The summed E-state index contributed by atoms with van der Waals surface area (Å²) in [4.78, 5) is 16.8. The SMILES string of the molecule is CCCCCN(C(=O)c1cc(N)ccc1N(C)C)C(C)C. The lowest BCUT2D eigenvalue weighted by Crippen LogP contribution is -2.38. The van der Waals surface area contributed by atoms with Gasteiger partial charge in [0, 0.05) is 38.1 Å². The van der Waals surface area contributed by atoms with E-state index in [2.05, 4.69) is 20.8 Å². The monoisotopic (exact) mass is 291 g/mol. The Morgan fingerprint density at radius 2 is 1.90 bits per heavy atom. The number of hydrogen-bond donors (Lipinski definition) is 1. The van der Waals surface area contributed by atoms with Gasteiger partial charge in [0.05, 0.1) is 5.56 Å². The highest BCUT2D eigenvalue weighted by Crippen LogP contribution is 2.24. The summed E-state index contributed by atoms with van der Waals surface area (Å²) in [6.45, 7) is 7.09. The Labute approximate surface area is 128 Å². The van der Waals surface area contributed by atoms with Crippen LogP contribution in [0.2, 0.25) is 0 Å². The molecule has 4 nitrogen and oxygen atoms in total. The first-order valence-corrected chi connectivity index (χ1v) is 7.76. The molecule has 2 N–H and O–H groups in total. The van der Waals surface area contributed by atoms with Gasteiger partial charge < -0.3 is 15.5 Å². The molecule has 21 heavy (non-hydrogen) atoms. The van der Waals surface area contributed by atoms with Crippen LogP contribution in [0, 0.1) is 0 Å². The van der Waals surface area contributed by atoms with E-state index in [1.165, 1.54) is 0 Å². The lowest BCUT2D eigenvalue weighted by molar-refractivity contribution is 0.0703. The van der Waals surface area contributed by atoms with Crippen LogP contribution in [0.4, 0.5) is 11.4 Å². The van der Waals surface area contributed by atoms with E-state index in [-0.39, 0.29) is 11.9 Å². The molecule has 0 aliphatic heterocycles. The van der Waals surface area contributed by atoms with Crippen LogP contribution in [0.25, 0.3) is 0 Å². The van der Waals surface area contributed by atoms with Crippen LogP contribution in [0.1, 0.15) is 50.4 Å². The molecule has 4 heteroatoms. The fourth-order valence-electron chi connectivity index (χ4n) is 2.40. The summed E-state index contributed by atoms with van der Waals surface area (Å²) >= 11 is 0. The van der Waals surface area contributed by atoms with Crippen LogP contribution in [-0.4, -0.2) is 37.5 Å². The number of anilines is 2. The average molecular weight is 291 g/mol. The Balaban J connectivity index is 3.05. The van der Waals surface area contributed by atoms with E-state index in [9.17, 15) is 4.79 Å². The highest BCUT2D eigenvalue weighted by molar-refractivity contribution is 6.00. The van der Waals surface area contributed by atoms with Gasteiger partial charge in [0.25, 0.3) is 5.91 Å². The molecule has 0 spiro atoms. The molecule has 0 unspecified atom stereocenters. The van der Waals surface area contributed by atoms with Gasteiger partial charge in [0.2, 0.25) is 0 Å². The fourth-order valence-corrected chi connectivity index (χ4v) is 2.40. The first kappa shape index (κ1) is 17.3. The van der Waals surface area contributed by atoms with Crippen LogP contribution >= 0.6 is 0 Å². The zero-order valence-corrected chi connectivity index (χ0v) is 14.0. The number of nitrogens with zero attached hydrogens (tertiary/aromatic N) is 2. The zero-order chi connectivity index (χ0) is 16.0. The summed E-state index contributed by atoms with van der Waals surface area (Å²) in [6.07, 6.45) is 3.34. The first-order valence-electron chi connectivity index (χ1n) is 7.76. The Morgan fingerprint density at radius 3 is 2.43 bits per heavy atom. The minimum atomic E-state index is 0.0668. The van der Waals surface area contributed by atoms with Crippen LogP contribution in [0.3, 0.4) is 0 Å². The van der Waals surface area contributed by atoms with Gasteiger partial charge in [-0.25, -0.2) is 0 Å². The number of rotatable bonds is 7. The van der Waals surface area contributed by atoms with Crippen molar-refractivity contribution < 1.29 is 4.79 Å². The van der Waals surface area contributed by atoms with Gasteiger partial charge in [0.15, 0.2) is 0 Å². The summed E-state index contributed by atoms with van der Waals surface area (Å²) < 4.78 is 0. The van der Waals surface area contributed by atoms with Crippen molar-refractivity contribution in [2.24, 2.45) is 0 Å². The van der Waals surface area contributed by atoms with Crippen molar-refractivity contribution in [3.8, 4) is 0 Å². The average Bonchev–Trinajstić information content (AvgIpc) is 2.42. The van der Waals surface area contributed by atoms with Gasteiger partial charge in [-0.1, -0.05) is 19.8 Å². The quantitative estimate of drug-likeness (QED) is 0.619. The van der Waals surface area contributed by atoms with Crippen molar-refractivity contribution in [2.45, 2.75) is 46.1 Å². The van der Waals surface area contributed by atoms with Gasteiger partial charge in [0.1, 0.15) is 0 Å². The molecule has 0 bridgehead atoms. The van der Waals surface area contributed by atoms with Gasteiger partial charge in [-0.2, -0.15) is 0 Å². The summed E-state index contributed by atoms with van der Waals surface area (Å²) in [5.41, 5.74) is 8.10. The molecule has 0 aliphatic rings. The Bertz CT molecular complexity index is 469. The first-order chi connectivity index (χ1) is 9.88. The van der Waals surface area contributed by atoms with E-state index >= 15 is 0 Å². The number of unbranched alkanes of at least 4 members (excludes halogenated alkanes) is 2. The predicted octanol–water partition coefficient (Wildman–Crippen LogP) is 3.38. The zero-order valence-electron chi connectivity index (χ0n) is 14.0. The van der Waals surface area contributed by atoms with E-state index in [4.69, 9.17) is 5.73 Å². The molecule has 0 radical (unpaired) electrons. The number of nitrogens with two attached hydrogens (primary N) is 1. The summed E-state index contributed by atoms with van der Waals surface area (Å²) in [6, 6.07) is 5.72.